The van der Waals surface area contributed by atoms with E-state index in [2.05, 4.69) is 50.8 Å². The van der Waals surface area contributed by atoms with E-state index in [4.69, 9.17) is 26.9 Å². The van der Waals surface area contributed by atoms with Crippen molar-refractivity contribution in [3.05, 3.63) is 77.1 Å². The smallest absolute Gasteiger partial charge is 0.232 e. The van der Waals surface area contributed by atoms with Crippen LogP contribution >= 0.6 is 12.2 Å². The normalized spacial score (nSPS) is 18.6. The molecule has 6 rings (SSSR count). The van der Waals surface area contributed by atoms with E-state index in [9.17, 15) is 4.39 Å². The van der Waals surface area contributed by atoms with E-state index in [-0.39, 0.29) is 11.2 Å². The molecule has 40 heavy (non-hydrogen) atoms. The summed E-state index contributed by atoms with van der Waals surface area (Å²) in [7, 11) is 0. The molecule has 2 saturated heterocycles. The van der Waals surface area contributed by atoms with Crippen LogP contribution in [-0.2, 0) is 23.1 Å². The van der Waals surface area contributed by atoms with Crippen LogP contribution in [0.5, 0.6) is 0 Å². The van der Waals surface area contributed by atoms with Crippen molar-refractivity contribution < 1.29 is 9.13 Å². The molecule has 0 radical (unpaired) electrons. The van der Waals surface area contributed by atoms with E-state index in [0.29, 0.717) is 30.8 Å². The summed E-state index contributed by atoms with van der Waals surface area (Å²) in [6, 6.07) is 17.6. The number of ether oxygens (including phenoxy) is 1. The van der Waals surface area contributed by atoms with Gasteiger partial charge in [-0.15, -0.1) is 0 Å². The summed E-state index contributed by atoms with van der Waals surface area (Å²) in [5.74, 6) is 2.15. The number of thiocarbonyl (C=S) groups is 1. The summed E-state index contributed by atoms with van der Waals surface area (Å²) in [6.45, 7) is 5.71. The second-order valence-corrected chi connectivity index (χ2v) is 11.5. The number of fused-ring (bicyclic) bond motifs is 1. The van der Waals surface area contributed by atoms with Gasteiger partial charge in [0.05, 0.1) is 0 Å². The van der Waals surface area contributed by atoms with Crippen LogP contribution in [0.15, 0.2) is 54.6 Å². The maximum Gasteiger partial charge on any atom is 0.232 e. The van der Waals surface area contributed by atoms with Gasteiger partial charge in [-0.3, -0.25) is 0 Å². The molecule has 7 nitrogen and oxygen atoms in total. The second kappa shape index (κ2) is 12.1. The largest absolute Gasteiger partial charge is 0.381 e. The van der Waals surface area contributed by atoms with Crippen LogP contribution in [0.4, 0.5) is 22.0 Å². The van der Waals surface area contributed by atoms with Gasteiger partial charge in [0.15, 0.2) is 5.11 Å². The summed E-state index contributed by atoms with van der Waals surface area (Å²) in [5.41, 5.74) is 3.68. The zero-order valence-corrected chi connectivity index (χ0v) is 23.7. The highest BCUT2D eigenvalue weighted by atomic mass is 32.1. The van der Waals surface area contributed by atoms with Crippen LogP contribution in [0.1, 0.15) is 48.8 Å². The third-order valence-electron chi connectivity index (χ3n) is 8.55. The average Bonchev–Trinajstić information content (AvgIpc) is 3.01. The number of aromatic nitrogens is 2. The Hall–Kier alpha value is -3.30. The van der Waals surface area contributed by atoms with Crippen molar-refractivity contribution in [3.8, 4) is 0 Å². The van der Waals surface area contributed by atoms with E-state index in [1.807, 2.05) is 12.1 Å². The molecule has 2 N–H and O–H groups in total. The van der Waals surface area contributed by atoms with Gasteiger partial charge in [0, 0.05) is 57.4 Å². The van der Waals surface area contributed by atoms with Crippen LogP contribution in [0.25, 0.3) is 0 Å². The lowest BCUT2D eigenvalue weighted by Gasteiger charge is -2.38. The Bertz CT molecular complexity index is 1320. The summed E-state index contributed by atoms with van der Waals surface area (Å²) < 4.78 is 19.3. The quantitative estimate of drug-likeness (QED) is 0.399. The van der Waals surface area contributed by atoms with Crippen LogP contribution in [0.3, 0.4) is 0 Å². The van der Waals surface area contributed by atoms with Gasteiger partial charge in [-0.25, -0.2) is 4.39 Å². The molecule has 2 fully saturated rings. The molecule has 0 atom stereocenters. The van der Waals surface area contributed by atoms with Crippen LogP contribution in [0.2, 0.25) is 0 Å². The highest BCUT2D eigenvalue weighted by molar-refractivity contribution is 7.80. The Balaban J connectivity index is 1.20. The summed E-state index contributed by atoms with van der Waals surface area (Å²) in [5, 5.41) is 7.21. The molecule has 2 aromatic carbocycles. The van der Waals surface area contributed by atoms with Gasteiger partial charge in [-0.05, 0) is 79.6 Å². The fourth-order valence-electron chi connectivity index (χ4n) is 6.14. The lowest BCUT2D eigenvalue weighted by Crippen LogP contribution is -2.45. The van der Waals surface area contributed by atoms with Crippen LogP contribution < -0.4 is 20.4 Å². The van der Waals surface area contributed by atoms with Crippen molar-refractivity contribution in [2.75, 3.05) is 54.5 Å². The maximum atomic E-state index is 13.7. The summed E-state index contributed by atoms with van der Waals surface area (Å²) >= 11 is 5.76. The van der Waals surface area contributed by atoms with E-state index in [0.717, 1.165) is 62.6 Å². The van der Waals surface area contributed by atoms with E-state index in [1.165, 1.54) is 42.5 Å². The first kappa shape index (κ1) is 26.9. The third kappa shape index (κ3) is 6.05. The number of rotatable bonds is 6. The van der Waals surface area contributed by atoms with Crippen molar-refractivity contribution in [2.24, 2.45) is 0 Å². The molecule has 0 bridgehead atoms. The second-order valence-electron chi connectivity index (χ2n) is 11.1. The van der Waals surface area contributed by atoms with E-state index >= 15 is 0 Å². The molecule has 1 aromatic heterocycles. The Morgan fingerprint density at radius 3 is 2.35 bits per heavy atom. The van der Waals surface area contributed by atoms with Crippen LogP contribution in [-0.4, -0.2) is 54.5 Å². The monoisotopic (exact) mass is 560 g/mol. The molecule has 0 amide bonds. The Morgan fingerprint density at radius 1 is 0.900 bits per heavy atom. The molecule has 0 unspecified atom stereocenters. The number of halogens is 1. The van der Waals surface area contributed by atoms with Crippen molar-refractivity contribution in [2.45, 2.75) is 50.5 Å². The number of hydrogen-bond acceptors (Lipinski definition) is 6. The van der Waals surface area contributed by atoms with Gasteiger partial charge in [-0.2, -0.15) is 9.97 Å². The molecule has 0 saturated carbocycles. The first-order valence-electron chi connectivity index (χ1n) is 14.4. The third-order valence-corrected chi connectivity index (χ3v) is 8.80. The molecule has 0 aliphatic carbocycles. The highest BCUT2D eigenvalue weighted by Crippen LogP contribution is 2.34. The number of anilines is 3. The number of piperidine rings is 1. The molecular weight excluding hydrogens is 523 g/mol. The van der Waals surface area contributed by atoms with Crippen molar-refractivity contribution in [3.63, 3.8) is 0 Å². The molecule has 210 valence electrons. The minimum Gasteiger partial charge on any atom is -0.381 e. The molecule has 0 spiro atoms. The number of nitrogens with zero attached hydrogens (tertiary/aromatic N) is 4. The number of nitrogens with one attached hydrogen (secondary N) is 2. The Kier molecular flexibility index (Phi) is 8.11. The Morgan fingerprint density at radius 2 is 1.60 bits per heavy atom. The van der Waals surface area contributed by atoms with Crippen LogP contribution in [0, 0.1) is 5.82 Å². The first-order chi connectivity index (χ1) is 19.6. The minimum atomic E-state index is -0.227. The molecule has 9 heteroatoms. The van der Waals surface area contributed by atoms with Gasteiger partial charge in [0.2, 0.25) is 5.95 Å². The molecule has 3 aromatic rings. The minimum absolute atomic E-state index is 0.180. The molecule has 3 aliphatic rings. The standard InChI is InChI=1S/C31H37FN6OS/c32-26-10-8-25(9-11-26)31(13-18-39-19-14-31)22-33-30(40)36-29-34-27(37-15-4-1-5-16-37)20-28(35-29)38-17-12-23-6-2-3-7-24(23)21-38/h2-3,6-11,20H,1,4-5,12-19,21-22H2,(H2,33,34,35,36,40). The van der Waals surface area contributed by atoms with Crippen molar-refractivity contribution in [1.29, 1.82) is 0 Å². The van der Waals surface area contributed by atoms with Gasteiger partial charge >= 0.3 is 0 Å². The zero-order valence-electron chi connectivity index (χ0n) is 22.9. The fraction of sp³-hybridized carbons (Fsp3) is 0.452. The van der Waals surface area contributed by atoms with Gasteiger partial charge < -0.3 is 25.2 Å². The number of hydrogen-bond donors (Lipinski definition) is 2. The molecule has 4 heterocycles. The maximum absolute atomic E-state index is 13.7. The lowest BCUT2D eigenvalue weighted by atomic mass is 9.74. The zero-order chi connectivity index (χ0) is 27.4. The van der Waals surface area contributed by atoms with Crippen molar-refractivity contribution in [1.82, 2.24) is 15.3 Å². The van der Waals surface area contributed by atoms with Gasteiger partial charge in [-0.1, -0.05) is 36.4 Å². The summed E-state index contributed by atoms with van der Waals surface area (Å²) in [6.07, 6.45) is 6.29. The number of benzene rings is 2. The van der Waals surface area contributed by atoms with Crippen molar-refractivity contribution >= 4 is 34.9 Å². The fourth-order valence-corrected chi connectivity index (χ4v) is 6.31. The van der Waals surface area contributed by atoms with E-state index in [1.54, 1.807) is 0 Å². The highest BCUT2D eigenvalue weighted by Gasteiger charge is 2.34. The predicted octanol–water partition coefficient (Wildman–Crippen LogP) is 5.20. The Labute approximate surface area is 241 Å². The SMILES string of the molecule is Fc1ccc(C2(CNC(=S)Nc3nc(N4CCCCC4)cc(N4CCc5ccccc5C4)n3)CCOCC2)cc1. The van der Waals surface area contributed by atoms with Gasteiger partial charge in [0.25, 0.3) is 0 Å². The molecular formula is C31H37FN6OS. The summed E-state index contributed by atoms with van der Waals surface area (Å²) in [4.78, 5) is 14.5. The molecule has 3 aliphatic heterocycles. The predicted molar refractivity (Wildman–Crippen MR) is 162 cm³/mol. The van der Waals surface area contributed by atoms with Gasteiger partial charge in [0.1, 0.15) is 17.5 Å². The topological polar surface area (TPSA) is 65.6 Å². The lowest BCUT2D eigenvalue weighted by molar-refractivity contribution is 0.0515. The van der Waals surface area contributed by atoms with E-state index < -0.39 is 0 Å². The first-order valence-corrected chi connectivity index (χ1v) is 14.8. The average molecular weight is 561 g/mol.